The van der Waals surface area contributed by atoms with Gasteiger partial charge in [-0.15, -0.1) is 11.3 Å². The fourth-order valence-corrected chi connectivity index (χ4v) is 4.85. The Morgan fingerprint density at radius 1 is 1.17 bits per heavy atom. The number of aromatic nitrogens is 2. The molecule has 8 heteroatoms. The molecule has 29 heavy (non-hydrogen) atoms. The number of aryl methyl sites for hydroxylation is 1. The van der Waals surface area contributed by atoms with Crippen molar-refractivity contribution in [1.82, 2.24) is 9.78 Å². The van der Waals surface area contributed by atoms with Gasteiger partial charge in [0, 0.05) is 24.1 Å². The van der Waals surface area contributed by atoms with E-state index in [1.165, 1.54) is 23.5 Å². The van der Waals surface area contributed by atoms with E-state index in [4.69, 9.17) is 0 Å². The summed E-state index contributed by atoms with van der Waals surface area (Å²) in [7, 11) is 0. The van der Waals surface area contributed by atoms with Crippen molar-refractivity contribution >= 4 is 38.8 Å². The van der Waals surface area contributed by atoms with E-state index in [2.05, 4.69) is 5.10 Å². The zero-order chi connectivity index (χ0) is 20.1. The van der Waals surface area contributed by atoms with Gasteiger partial charge in [0.25, 0.3) is 11.6 Å². The van der Waals surface area contributed by atoms with Crippen LogP contribution in [0.4, 0.5) is 11.4 Å². The Labute approximate surface area is 170 Å². The first kappa shape index (κ1) is 17.6. The van der Waals surface area contributed by atoms with Crippen molar-refractivity contribution in [2.45, 2.75) is 13.3 Å². The average molecular weight is 404 g/mol. The largest absolute Gasteiger partial charge is 0.307 e. The van der Waals surface area contributed by atoms with E-state index in [-0.39, 0.29) is 11.6 Å². The molecule has 3 heterocycles. The predicted molar refractivity (Wildman–Crippen MR) is 112 cm³/mol. The maximum absolute atomic E-state index is 13.3. The number of hydrogen-bond acceptors (Lipinski definition) is 5. The Bertz CT molecular complexity index is 1280. The van der Waals surface area contributed by atoms with Gasteiger partial charge in [-0.2, -0.15) is 5.10 Å². The van der Waals surface area contributed by atoms with E-state index < -0.39 is 4.92 Å². The molecule has 4 aromatic rings. The van der Waals surface area contributed by atoms with Gasteiger partial charge in [0.05, 0.1) is 26.9 Å². The maximum Gasteiger partial charge on any atom is 0.271 e. The van der Waals surface area contributed by atoms with Crippen LogP contribution in [0.3, 0.4) is 0 Å². The zero-order valence-electron chi connectivity index (χ0n) is 15.5. The molecule has 7 nitrogen and oxygen atoms in total. The van der Waals surface area contributed by atoms with E-state index >= 15 is 0 Å². The first-order valence-corrected chi connectivity index (χ1v) is 9.98. The van der Waals surface area contributed by atoms with Crippen LogP contribution in [0.1, 0.15) is 20.9 Å². The second kappa shape index (κ2) is 6.52. The van der Waals surface area contributed by atoms with Crippen molar-refractivity contribution in [2.24, 2.45) is 0 Å². The molecular weight excluding hydrogens is 388 g/mol. The molecule has 2 aromatic heterocycles. The van der Waals surface area contributed by atoms with Crippen molar-refractivity contribution in [1.29, 1.82) is 0 Å². The summed E-state index contributed by atoms with van der Waals surface area (Å²) in [5, 5.41) is 16.7. The summed E-state index contributed by atoms with van der Waals surface area (Å²) in [6.07, 6.45) is 0.695. The van der Waals surface area contributed by atoms with Crippen LogP contribution in [0.25, 0.3) is 15.9 Å². The Hall–Kier alpha value is -3.52. The molecule has 5 rings (SSSR count). The van der Waals surface area contributed by atoms with Crippen molar-refractivity contribution in [3.05, 3.63) is 80.8 Å². The number of anilines is 1. The van der Waals surface area contributed by atoms with Crippen LogP contribution in [0, 0.1) is 17.0 Å². The molecule has 1 aliphatic rings. The lowest BCUT2D eigenvalue weighted by Crippen LogP contribution is -2.28. The van der Waals surface area contributed by atoms with Crippen LogP contribution in [0.15, 0.2) is 54.6 Å². The summed E-state index contributed by atoms with van der Waals surface area (Å²) in [5.41, 5.74) is 3.38. The minimum atomic E-state index is -0.432. The molecule has 0 fully saturated rings. The lowest BCUT2D eigenvalue weighted by atomic mass is 10.1. The van der Waals surface area contributed by atoms with Gasteiger partial charge in [-0.25, -0.2) is 4.68 Å². The topological polar surface area (TPSA) is 81.3 Å². The molecule has 0 saturated heterocycles. The molecular formula is C21H16N4O3S. The van der Waals surface area contributed by atoms with E-state index in [9.17, 15) is 14.9 Å². The summed E-state index contributed by atoms with van der Waals surface area (Å²) in [6.45, 7) is 2.45. The second-order valence-corrected chi connectivity index (χ2v) is 7.97. The van der Waals surface area contributed by atoms with Gasteiger partial charge in [-0.05, 0) is 37.1 Å². The first-order valence-electron chi connectivity index (χ1n) is 9.17. The second-order valence-electron chi connectivity index (χ2n) is 6.94. The number of nitrogens with zero attached hydrogens (tertiary/aromatic N) is 4. The SMILES string of the molecule is Cc1nn(-c2ccccc2)c2sc(C(=O)N3CCc4ccc([N+](=O)[O-])cc43)cc12. The fraction of sp³-hybridized carbons (Fsp3) is 0.143. The van der Waals surface area contributed by atoms with Crippen LogP contribution in [0.2, 0.25) is 0 Å². The monoisotopic (exact) mass is 404 g/mol. The molecule has 0 N–H and O–H groups in total. The highest BCUT2D eigenvalue weighted by Crippen LogP contribution is 2.36. The molecule has 0 unspecified atom stereocenters. The molecule has 1 aliphatic heterocycles. The van der Waals surface area contributed by atoms with Gasteiger partial charge in [-0.1, -0.05) is 24.3 Å². The van der Waals surface area contributed by atoms with Gasteiger partial charge >= 0.3 is 0 Å². The molecule has 0 radical (unpaired) electrons. The maximum atomic E-state index is 13.3. The van der Waals surface area contributed by atoms with Gasteiger partial charge in [-0.3, -0.25) is 14.9 Å². The Kier molecular flexibility index (Phi) is 3.95. The first-order chi connectivity index (χ1) is 14.0. The highest BCUT2D eigenvalue weighted by molar-refractivity contribution is 7.20. The number of thiophene rings is 1. The third-order valence-corrected chi connectivity index (χ3v) is 6.28. The number of nitro benzene ring substituents is 1. The van der Waals surface area contributed by atoms with Crippen molar-refractivity contribution in [3.8, 4) is 5.69 Å². The van der Waals surface area contributed by atoms with E-state index in [0.717, 1.165) is 27.2 Å². The number of rotatable bonds is 3. The minimum Gasteiger partial charge on any atom is -0.307 e. The zero-order valence-corrected chi connectivity index (χ0v) is 16.3. The summed E-state index contributed by atoms with van der Waals surface area (Å²) in [5.74, 6) is -0.135. The van der Waals surface area contributed by atoms with Crippen molar-refractivity contribution in [3.63, 3.8) is 0 Å². The molecule has 0 spiro atoms. The Morgan fingerprint density at radius 2 is 1.97 bits per heavy atom. The summed E-state index contributed by atoms with van der Waals surface area (Å²) >= 11 is 1.40. The summed E-state index contributed by atoms with van der Waals surface area (Å²) < 4.78 is 1.86. The summed E-state index contributed by atoms with van der Waals surface area (Å²) in [6, 6.07) is 16.4. The van der Waals surface area contributed by atoms with Gasteiger partial charge in [0.15, 0.2) is 0 Å². The molecule has 0 atom stereocenters. The average Bonchev–Trinajstić information content (AvgIpc) is 3.42. The Balaban J connectivity index is 1.55. The van der Waals surface area contributed by atoms with Crippen LogP contribution in [-0.2, 0) is 6.42 Å². The quantitative estimate of drug-likeness (QED) is 0.372. The number of nitro groups is 1. The summed E-state index contributed by atoms with van der Waals surface area (Å²) in [4.78, 5) is 27.1. The van der Waals surface area contributed by atoms with E-state index in [1.54, 1.807) is 11.0 Å². The molecule has 144 valence electrons. The highest BCUT2D eigenvalue weighted by Gasteiger charge is 2.29. The van der Waals surface area contributed by atoms with Gasteiger partial charge < -0.3 is 4.90 Å². The Morgan fingerprint density at radius 3 is 2.72 bits per heavy atom. The molecule has 0 saturated carbocycles. The fourth-order valence-electron chi connectivity index (χ4n) is 3.72. The van der Waals surface area contributed by atoms with Crippen LogP contribution >= 0.6 is 11.3 Å². The normalized spacial score (nSPS) is 13.1. The molecule has 0 aliphatic carbocycles. The lowest BCUT2D eigenvalue weighted by molar-refractivity contribution is -0.384. The van der Waals surface area contributed by atoms with Gasteiger partial charge in [0.2, 0.25) is 0 Å². The number of benzene rings is 2. The van der Waals surface area contributed by atoms with E-state index in [0.29, 0.717) is 23.5 Å². The number of amides is 1. The number of fused-ring (bicyclic) bond motifs is 2. The molecule has 2 aromatic carbocycles. The number of non-ortho nitro benzene ring substituents is 1. The van der Waals surface area contributed by atoms with Crippen molar-refractivity contribution in [2.75, 3.05) is 11.4 Å². The molecule has 0 bridgehead atoms. The highest BCUT2D eigenvalue weighted by atomic mass is 32.1. The van der Waals surface area contributed by atoms with E-state index in [1.807, 2.05) is 48.0 Å². The lowest BCUT2D eigenvalue weighted by Gasteiger charge is -2.16. The standard InChI is InChI=1S/C21H16N4O3S/c1-13-17-12-19(29-21(17)24(22-13)15-5-3-2-4-6-15)20(26)23-10-9-14-7-8-16(25(27)28)11-18(14)23/h2-8,11-12H,9-10H2,1H3. The molecule has 1 amide bonds. The minimum absolute atomic E-state index is 0.00430. The van der Waals surface area contributed by atoms with Crippen LogP contribution < -0.4 is 4.90 Å². The van der Waals surface area contributed by atoms with Gasteiger partial charge in [0.1, 0.15) is 4.83 Å². The third kappa shape index (κ3) is 2.80. The third-order valence-electron chi connectivity index (χ3n) is 5.18. The van der Waals surface area contributed by atoms with Crippen LogP contribution in [0.5, 0.6) is 0 Å². The smallest absolute Gasteiger partial charge is 0.271 e. The number of hydrogen-bond donors (Lipinski definition) is 0. The number of carbonyl (C=O) groups excluding carboxylic acids is 1. The van der Waals surface area contributed by atoms with Crippen LogP contribution in [-0.4, -0.2) is 27.2 Å². The van der Waals surface area contributed by atoms with Crippen molar-refractivity contribution < 1.29 is 9.72 Å². The number of para-hydroxylation sites is 1. The number of carbonyl (C=O) groups is 1. The predicted octanol–water partition coefficient (Wildman–Crippen LogP) is 4.51.